The lowest BCUT2D eigenvalue weighted by molar-refractivity contribution is 0.0965. The molecule has 1 aromatic heterocycles. The van der Waals surface area contributed by atoms with Crippen LogP contribution in [0.5, 0.6) is 0 Å². The van der Waals surface area contributed by atoms with Crippen LogP contribution in [0.2, 0.25) is 0 Å². The molecule has 184 valence electrons. The topological polar surface area (TPSA) is 112 Å². The Hall–Kier alpha value is -4.90. The van der Waals surface area contributed by atoms with Crippen molar-refractivity contribution in [3.8, 4) is 28.5 Å². The molecule has 8 heteroatoms. The van der Waals surface area contributed by atoms with E-state index >= 15 is 0 Å². The lowest BCUT2D eigenvalue weighted by atomic mass is 9.97. The molecule has 4 aromatic rings. The minimum Gasteiger partial charge on any atom is -0.348 e. The number of nitriles is 1. The molecule has 3 aromatic carbocycles. The quantitative estimate of drug-likeness (QED) is 0.339. The Morgan fingerprint density at radius 2 is 1.65 bits per heavy atom. The van der Waals surface area contributed by atoms with Crippen molar-refractivity contribution in [2.24, 2.45) is 0 Å². The second kappa shape index (κ2) is 9.28. The fourth-order valence-corrected chi connectivity index (χ4v) is 4.27. The highest BCUT2D eigenvalue weighted by atomic mass is 16.2. The zero-order valence-electron chi connectivity index (χ0n) is 20.8. The van der Waals surface area contributed by atoms with E-state index in [9.17, 15) is 9.59 Å². The molecule has 8 nitrogen and oxygen atoms in total. The second-order valence-corrected chi connectivity index (χ2v) is 9.87. The van der Waals surface area contributed by atoms with Gasteiger partial charge in [0.2, 0.25) is 0 Å². The first kappa shape index (κ1) is 23.8. The van der Waals surface area contributed by atoms with Crippen molar-refractivity contribution in [3.05, 3.63) is 89.6 Å². The zero-order valence-corrected chi connectivity index (χ0v) is 20.8. The summed E-state index contributed by atoms with van der Waals surface area (Å²) < 4.78 is 1.81. The van der Waals surface area contributed by atoms with E-state index in [-0.39, 0.29) is 11.4 Å². The maximum absolute atomic E-state index is 12.9. The number of carbonyl (C=O) groups is 2. The largest absolute Gasteiger partial charge is 0.348 e. The molecule has 0 saturated heterocycles. The van der Waals surface area contributed by atoms with Gasteiger partial charge in [-0.1, -0.05) is 36.4 Å². The maximum Gasteiger partial charge on any atom is 0.323 e. The molecule has 37 heavy (non-hydrogen) atoms. The molecule has 5 rings (SSSR count). The highest BCUT2D eigenvalue weighted by Crippen LogP contribution is 2.31. The van der Waals surface area contributed by atoms with Gasteiger partial charge in [0, 0.05) is 29.6 Å². The summed E-state index contributed by atoms with van der Waals surface area (Å²) in [6.45, 7) is 6.60. The first-order chi connectivity index (χ1) is 17.7. The standard InChI is InChI=1S/C29H26N6O2/c1-29(2,3)35-17-25(26(34-35)20-9-7-18(15-30)8-10-20)33-28(37)32-21-13-11-19(12-14-21)22-5-4-6-23-24(22)16-31-27(23)36/h4-14,17H,16H2,1-3H3,(H,31,36)(H2,32,33,37). The van der Waals surface area contributed by atoms with Gasteiger partial charge in [-0.25, -0.2) is 4.79 Å². The smallest absolute Gasteiger partial charge is 0.323 e. The van der Waals surface area contributed by atoms with E-state index in [0.717, 1.165) is 22.3 Å². The van der Waals surface area contributed by atoms with Gasteiger partial charge in [0.15, 0.2) is 0 Å². The third kappa shape index (κ3) is 4.80. The molecule has 0 fully saturated rings. The van der Waals surface area contributed by atoms with Crippen molar-refractivity contribution in [2.45, 2.75) is 32.9 Å². The minimum atomic E-state index is -0.397. The molecule has 0 spiro atoms. The Bertz CT molecular complexity index is 1540. The van der Waals surface area contributed by atoms with Crippen LogP contribution >= 0.6 is 0 Å². The summed E-state index contributed by atoms with van der Waals surface area (Å²) in [7, 11) is 0. The van der Waals surface area contributed by atoms with Crippen LogP contribution in [-0.4, -0.2) is 21.7 Å². The summed E-state index contributed by atoms with van der Waals surface area (Å²) in [6.07, 6.45) is 1.81. The van der Waals surface area contributed by atoms with E-state index in [0.29, 0.717) is 34.7 Å². The third-order valence-corrected chi connectivity index (χ3v) is 6.24. The van der Waals surface area contributed by atoms with Gasteiger partial charge in [-0.2, -0.15) is 10.4 Å². The lowest BCUT2D eigenvalue weighted by Gasteiger charge is -2.18. The van der Waals surface area contributed by atoms with Crippen LogP contribution in [-0.2, 0) is 12.1 Å². The van der Waals surface area contributed by atoms with Crippen LogP contribution in [0.25, 0.3) is 22.4 Å². The van der Waals surface area contributed by atoms with Crippen molar-refractivity contribution in [1.82, 2.24) is 15.1 Å². The number of aromatic nitrogens is 2. The van der Waals surface area contributed by atoms with E-state index in [1.807, 2.05) is 86.2 Å². The third-order valence-electron chi connectivity index (χ3n) is 6.24. The number of urea groups is 1. The van der Waals surface area contributed by atoms with Gasteiger partial charge >= 0.3 is 6.03 Å². The summed E-state index contributed by atoms with van der Waals surface area (Å²) in [6, 6.07) is 22.0. The number of amides is 3. The molecular weight excluding hydrogens is 464 g/mol. The number of carbonyl (C=O) groups excluding carboxylic acids is 2. The monoisotopic (exact) mass is 490 g/mol. The first-order valence-corrected chi connectivity index (χ1v) is 11.9. The molecule has 2 heterocycles. The number of fused-ring (bicyclic) bond motifs is 1. The fraction of sp³-hybridized carbons (Fsp3) is 0.172. The van der Waals surface area contributed by atoms with Crippen LogP contribution in [0, 0.1) is 11.3 Å². The minimum absolute atomic E-state index is 0.0537. The van der Waals surface area contributed by atoms with Crippen LogP contribution in [0.15, 0.2) is 72.9 Å². The van der Waals surface area contributed by atoms with Crippen LogP contribution < -0.4 is 16.0 Å². The van der Waals surface area contributed by atoms with Crippen molar-refractivity contribution in [2.75, 3.05) is 10.6 Å². The molecule has 1 aliphatic heterocycles. The van der Waals surface area contributed by atoms with Gasteiger partial charge in [-0.15, -0.1) is 0 Å². The van der Waals surface area contributed by atoms with Gasteiger partial charge in [0.1, 0.15) is 5.69 Å². The number of nitrogens with zero attached hydrogens (tertiary/aromatic N) is 3. The van der Waals surface area contributed by atoms with Crippen molar-refractivity contribution in [1.29, 1.82) is 5.26 Å². The van der Waals surface area contributed by atoms with Gasteiger partial charge in [-0.3, -0.25) is 9.48 Å². The fourth-order valence-electron chi connectivity index (χ4n) is 4.27. The number of hydrogen-bond donors (Lipinski definition) is 3. The highest BCUT2D eigenvalue weighted by Gasteiger charge is 2.22. The van der Waals surface area contributed by atoms with Gasteiger partial charge < -0.3 is 16.0 Å². The lowest BCUT2D eigenvalue weighted by Crippen LogP contribution is -2.22. The molecule has 1 aliphatic rings. The number of nitrogens with one attached hydrogen (secondary N) is 3. The molecule has 3 amide bonds. The molecule has 0 radical (unpaired) electrons. The Morgan fingerprint density at radius 3 is 2.32 bits per heavy atom. The number of benzene rings is 3. The second-order valence-electron chi connectivity index (χ2n) is 9.87. The van der Waals surface area contributed by atoms with E-state index < -0.39 is 6.03 Å². The van der Waals surface area contributed by atoms with Gasteiger partial charge in [0.25, 0.3) is 5.91 Å². The average molecular weight is 491 g/mol. The van der Waals surface area contributed by atoms with Crippen molar-refractivity contribution in [3.63, 3.8) is 0 Å². The van der Waals surface area contributed by atoms with Crippen LogP contribution in [0.4, 0.5) is 16.2 Å². The van der Waals surface area contributed by atoms with Crippen LogP contribution in [0.1, 0.15) is 42.3 Å². The molecule has 3 N–H and O–H groups in total. The molecule has 0 saturated carbocycles. The Balaban J connectivity index is 1.35. The van der Waals surface area contributed by atoms with E-state index in [2.05, 4.69) is 22.0 Å². The van der Waals surface area contributed by atoms with E-state index in [4.69, 9.17) is 10.4 Å². The Labute approximate surface area is 214 Å². The Morgan fingerprint density at radius 1 is 0.973 bits per heavy atom. The predicted octanol–water partition coefficient (Wildman–Crippen LogP) is 5.73. The molecule has 0 unspecified atom stereocenters. The number of rotatable bonds is 4. The summed E-state index contributed by atoms with van der Waals surface area (Å²) >= 11 is 0. The van der Waals surface area contributed by atoms with E-state index in [1.54, 1.807) is 12.1 Å². The highest BCUT2D eigenvalue weighted by molar-refractivity contribution is 6.02. The van der Waals surface area contributed by atoms with E-state index in [1.165, 1.54) is 0 Å². The van der Waals surface area contributed by atoms with Gasteiger partial charge in [-0.05, 0) is 67.8 Å². The van der Waals surface area contributed by atoms with Crippen molar-refractivity contribution < 1.29 is 9.59 Å². The zero-order chi connectivity index (χ0) is 26.2. The summed E-state index contributed by atoms with van der Waals surface area (Å²) in [4.78, 5) is 24.9. The molecular formula is C29H26N6O2. The SMILES string of the molecule is CC(C)(C)n1cc(NC(=O)Nc2ccc(-c3cccc4c3CNC4=O)cc2)c(-c2ccc(C#N)cc2)n1. The molecule has 0 aliphatic carbocycles. The maximum atomic E-state index is 12.9. The van der Waals surface area contributed by atoms with Gasteiger partial charge in [0.05, 0.1) is 22.9 Å². The number of anilines is 2. The predicted molar refractivity (Wildman–Crippen MR) is 143 cm³/mol. The normalized spacial score (nSPS) is 12.4. The summed E-state index contributed by atoms with van der Waals surface area (Å²) in [5.74, 6) is -0.0537. The Kier molecular flexibility index (Phi) is 5.98. The summed E-state index contributed by atoms with van der Waals surface area (Å²) in [5.41, 5.74) is 6.52. The summed E-state index contributed by atoms with van der Waals surface area (Å²) in [5, 5.41) is 22.5. The average Bonchev–Trinajstić information content (AvgIpc) is 3.48. The molecule has 0 atom stereocenters. The van der Waals surface area contributed by atoms with Crippen LogP contribution in [0.3, 0.4) is 0 Å². The molecule has 0 bridgehead atoms. The van der Waals surface area contributed by atoms with Crippen molar-refractivity contribution >= 4 is 23.3 Å². The number of hydrogen-bond acceptors (Lipinski definition) is 4. The first-order valence-electron chi connectivity index (χ1n) is 11.9.